The minimum Gasteiger partial charge on any atom is -0.293 e. The first-order chi connectivity index (χ1) is 12.1. The standard InChI is InChI=1S/C22H17NOS/c1-22(21(24)19-8-5-11-25-19)13-17-10-9-15(14-23)12-18(17)20(22)16-6-3-2-4-7-16/h2-12,20H,13H2,1H3. The zero-order valence-corrected chi connectivity index (χ0v) is 14.7. The van der Waals surface area contributed by atoms with E-state index in [1.807, 2.05) is 53.9 Å². The second-order valence-electron chi connectivity index (χ2n) is 6.77. The van der Waals surface area contributed by atoms with Gasteiger partial charge in [0.15, 0.2) is 5.78 Å². The monoisotopic (exact) mass is 343 g/mol. The molecule has 2 atom stereocenters. The van der Waals surface area contributed by atoms with Crippen molar-refractivity contribution in [3.63, 3.8) is 0 Å². The van der Waals surface area contributed by atoms with Crippen LogP contribution in [0.25, 0.3) is 0 Å². The van der Waals surface area contributed by atoms with Gasteiger partial charge in [0.25, 0.3) is 0 Å². The Morgan fingerprint density at radius 1 is 1.16 bits per heavy atom. The molecule has 0 radical (unpaired) electrons. The molecule has 0 bridgehead atoms. The second-order valence-corrected chi connectivity index (χ2v) is 7.72. The van der Waals surface area contributed by atoms with Crippen LogP contribution in [-0.2, 0) is 6.42 Å². The smallest absolute Gasteiger partial charge is 0.179 e. The minimum atomic E-state index is -0.539. The summed E-state index contributed by atoms with van der Waals surface area (Å²) in [5.74, 6) is 0.151. The third-order valence-electron chi connectivity index (χ3n) is 5.18. The molecule has 122 valence electrons. The van der Waals surface area contributed by atoms with E-state index in [0.717, 1.165) is 16.0 Å². The molecule has 25 heavy (non-hydrogen) atoms. The Kier molecular flexibility index (Phi) is 3.78. The highest BCUT2D eigenvalue weighted by Gasteiger charge is 2.49. The lowest BCUT2D eigenvalue weighted by Gasteiger charge is -2.30. The maximum Gasteiger partial charge on any atom is 0.179 e. The third kappa shape index (κ3) is 2.50. The normalized spacial score (nSPS) is 21.5. The average molecular weight is 343 g/mol. The van der Waals surface area contributed by atoms with Gasteiger partial charge in [-0.3, -0.25) is 4.79 Å². The second kappa shape index (κ2) is 5.98. The van der Waals surface area contributed by atoms with Crippen LogP contribution in [0.1, 0.15) is 44.8 Å². The van der Waals surface area contributed by atoms with E-state index >= 15 is 0 Å². The van der Waals surface area contributed by atoms with Crippen molar-refractivity contribution < 1.29 is 4.79 Å². The Morgan fingerprint density at radius 3 is 2.64 bits per heavy atom. The summed E-state index contributed by atoms with van der Waals surface area (Å²) < 4.78 is 0. The molecule has 2 unspecified atom stereocenters. The molecule has 0 fully saturated rings. The molecule has 1 heterocycles. The number of thiophene rings is 1. The highest BCUT2D eigenvalue weighted by atomic mass is 32.1. The van der Waals surface area contributed by atoms with Crippen molar-refractivity contribution in [3.05, 3.63) is 93.2 Å². The van der Waals surface area contributed by atoms with E-state index in [-0.39, 0.29) is 11.7 Å². The molecule has 0 saturated carbocycles. The number of hydrogen-bond acceptors (Lipinski definition) is 3. The van der Waals surface area contributed by atoms with Crippen LogP contribution in [0.15, 0.2) is 66.0 Å². The third-order valence-corrected chi connectivity index (χ3v) is 6.05. The van der Waals surface area contributed by atoms with Crippen LogP contribution in [0.5, 0.6) is 0 Å². The number of carbonyl (C=O) groups is 1. The quantitative estimate of drug-likeness (QED) is 0.614. The van der Waals surface area contributed by atoms with Crippen molar-refractivity contribution in [2.24, 2.45) is 5.41 Å². The summed E-state index contributed by atoms with van der Waals surface area (Å²) in [6, 6.07) is 22.1. The average Bonchev–Trinajstić information content (AvgIpc) is 3.27. The van der Waals surface area contributed by atoms with Gasteiger partial charge in [0.1, 0.15) is 0 Å². The van der Waals surface area contributed by atoms with Crippen LogP contribution in [-0.4, -0.2) is 5.78 Å². The Bertz CT molecular complexity index is 969. The predicted molar refractivity (Wildman–Crippen MR) is 99.9 cm³/mol. The molecular formula is C22H17NOS. The highest BCUT2D eigenvalue weighted by molar-refractivity contribution is 7.12. The molecule has 0 spiro atoms. The largest absolute Gasteiger partial charge is 0.293 e. The first-order valence-corrected chi connectivity index (χ1v) is 9.17. The molecule has 1 aliphatic rings. The van der Waals surface area contributed by atoms with Gasteiger partial charge >= 0.3 is 0 Å². The summed E-state index contributed by atoms with van der Waals surface area (Å²) >= 11 is 1.50. The van der Waals surface area contributed by atoms with Gasteiger partial charge in [-0.05, 0) is 46.7 Å². The summed E-state index contributed by atoms with van der Waals surface area (Å²) in [6.45, 7) is 2.07. The van der Waals surface area contributed by atoms with Gasteiger partial charge in [0.05, 0.1) is 16.5 Å². The topological polar surface area (TPSA) is 40.9 Å². The van der Waals surface area contributed by atoms with E-state index in [0.29, 0.717) is 12.0 Å². The molecule has 1 aliphatic carbocycles. The number of nitriles is 1. The highest BCUT2D eigenvalue weighted by Crippen LogP contribution is 2.52. The molecule has 3 heteroatoms. The fourth-order valence-electron chi connectivity index (χ4n) is 4.03. The van der Waals surface area contributed by atoms with Gasteiger partial charge in [-0.2, -0.15) is 5.26 Å². The number of benzene rings is 2. The van der Waals surface area contributed by atoms with Gasteiger partial charge < -0.3 is 0 Å². The summed E-state index contributed by atoms with van der Waals surface area (Å²) in [7, 11) is 0. The number of nitrogens with zero attached hydrogens (tertiary/aromatic N) is 1. The molecular weight excluding hydrogens is 326 g/mol. The zero-order valence-electron chi connectivity index (χ0n) is 13.9. The molecule has 0 saturated heterocycles. The van der Waals surface area contributed by atoms with Crippen molar-refractivity contribution in [2.45, 2.75) is 19.3 Å². The van der Waals surface area contributed by atoms with Crippen molar-refractivity contribution in [3.8, 4) is 6.07 Å². The van der Waals surface area contributed by atoms with Gasteiger partial charge in [-0.1, -0.05) is 49.4 Å². The van der Waals surface area contributed by atoms with E-state index in [1.165, 1.54) is 16.9 Å². The molecule has 3 aromatic rings. The maximum atomic E-state index is 13.4. The van der Waals surface area contributed by atoms with Crippen molar-refractivity contribution in [2.75, 3.05) is 0 Å². The molecule has 0 amide bonds. The van der Waals surface area contributed by atoms with E-state index in [1.54, 1.807) is 0 Å². The Hall–Kier alpha value is -2.70. The van der Waals surface area contributed by atoms with E-state index in [9.17, 15) is 10.1 Å². The van der Waals surface area contributed by atoms with E-state index in [2.05, 4.69) is 25.1 Å². The van der Waals surface area contributed by atoms with Crippen LogP contribution in [0.4, 0.5) is 0 Å². The SMILES string of the molecule is CC1(C(=O)c2cccs2)Cc2ccc(C#N)cc2C1c1ccccc1. The maximum absolute atomic E-state index is 13.4. The van der Waals surface area contributed by atoms with Gasteiger partial charge in [-0.25, -0.2) is 0 Å². The number of rotatable bonds is 3. The molecule has 4 rings (SSSR count). The molecule has 1 aromatic heterocycles. The lowest BCUT2D eigenvalue weighted by molar-refractivity contribution is 0.0811. The van der Waals surface area contributed by atoms with Gasteiger partial charge in [-0.15, -0.1) is 11.3 Å². The molecule has 2 aromatic carbocycles. The molecule has 0 N–H and O–H groups in total. The summed E-state index contributed by atoms with van der Waals surface area (Å²) in [6.07, 6.45) is 0.699. The number of hydrogen-bond donors (Lipinski definition) is 0. The molecule has 0 aliphatic heterocycles. The number of fused-ring (bicyclic) bond motifs is 1. The predicted octanol–water partition coefficient (Wildman–Crippen LogP) is 5.20. The van der Waals surface area contributed by atoms with Crippen molar-refractivity contribution >= 4 is 17.1 Å². The van der Waals surface area contributed by atoms with Crippen LogP contribution in [0.3, 0.4) is 0 Å². The fourth-order valence-corrected chi connectivity index (χ4v) is 4.83. The minimum absolute atomic E-state index is 0.0356. The van der Waals surface area contributed by atoms with Gasteiger partial charge in [0.2, 0.25) is 0 Å². The van der Waals surface area contributed by atoms with E-state index in [4.69, 9.17) is 0 Å². The van der Waals surface area contributed by atoms with Crippen molar-refractivity contribution in [1.29, 1.82) is 5.26 Å². The van der Waals surface area contributed by atoms with Crippen LogP contribution in [0.2, 0.25) is 0 Å². The van der Waals surface area contributed by atoms with Crippen LogP contribution >= 0.6 is 11.3 Å². The number of Topliss-reactive ketones (excluding diaryl/α,β-unsaturated/α-hetero) is 1. The Labute approximate surface area is 151 Å². The molecule has 2 nitrogen and oxygen atoms in total. The summed E-state index contributed by atoms with van der Waals surface area (Å²) in [5.41, 5.74) is 3.51. The fraction of sp³-hybridized carbons (Fsp3) is 0.182. The first kappa shape index (κ1) is 15.8. The number of ketones is 1. The zero-order chi connectivity index (χ0) is 17.4. The van der Waals surface area contributed by atoms with E-state index < -0.39 is 5.41 Å². The summed E-state index contributed by atoms with van der Waals surface area (Å²) in [4.78, 5) is 14.2. The lowest BCUT2D eigenvalue weighted by Crippen LogP contribution is -2.32. The lowest BCUT2D eigenvalue weighted by atomic mass is 9.71. The first-order valence-electron chi connectivity index (χ1n) is 8.29. The van der Waals surface area contributed by atoms with Crippen molar-refractivity contribution in [1.82, 2.24) is 0 Å². The Morgan fingerprint density at radius 2 is 1.96 bits per heavy atom. The number of carbonyl (C=O) groups excluding carboxylic acids is 1. The van der Waals surface area contributed by atoms with Crippen LogP contribution < -0.4 is 0 Å². The summed E-state index contributed by atoms with van der Waals surface area (Å²) in [5, 5.41) is 11.2. The van der Waals surface area contributed by atoms with Gasteiger partial charge in [0, 0.05) is 11.3 Å². The Balaban J connectivity index is 1.90. The van der Waals surface area contributed by atoms with Crippen LogP contribution in [0, 0.1) is 16.7 Å².